The number of rotatable bonds is 3. The van der Waals surface area contributed by atoms with Crippen molar-refractivity contribution >= 4 is 34.6 Å². The highest BCUT2D eigenvalue weighted by molar-refractivity contribution is 6.42. The average Bonchev–Trinajstić information content (AvgIpc) is 2.69. The largest absolute Gasteiger partial charge is 0.397 e. The number of benzene rings is 1. The van der Waals surface area contributed by atoms with E-state index in [1.165, 1.54) is 0 Å². The van der Waals surface area contributed by atoms with Crippen molar-refractivity contribution in [3.63, 3.8) is 0 Å². The van der Waals surface area contributed by atoms with Gasteiger partial charge in [-0.2, -0.15) is 0 Å². The van der Waals surface area contributed by atoms with Crippen LogP contribution in [0.15, 0.2) is 12.1 Å². The van der Waals surface area contributed by atoms with Crippen molar-refractivity contribution in [3.8, 4) is 0 Å². The summed E-state index contributed by atoms with van der Waals surface area (Å²) in [5.41, 5.74) is 7.16. The van der Waals surface area contributed by atoms with Gasteiger partial charge in [0.15, 0.2) is 0 Å². The number of hydrogen-bond acceptors (Lipinski definition) is 3. The summed E-state index contributed by atoms with van der Waals surface area (Å²) >= 11 is 11.8. The molecule has 3 N–H and O–H groups in total. The monoisotopic (exact) mass is 274 g/mol. The first-order chi connectivity index (χ1) is 8.00. The lowest BCUT2D eigenvalue weighted by atomic mass is 10.0. The Morgan fingerprint density at radius 1 is 1.41 bits per heavy atom. The van der Waals surface area contributed by atoms with Crippen LogP contribution in [0.1, 0.15) is 19.8 Å². The molecule has 0 saturated carbocycles. The number of ether oxygens (including phenoxy) is 1. The van der Waals surface area contributed by atoms with Gasteiger partial charge in [-0.1, -0.05) is 23.2 Å². The number of anilines is 2. The van der Waals surface area contributed by atoms with Crippen molar-refractivity contribution in [2.75, 3.05) is 24.2 Å². The molecule has 2 rings (SSSR count). The maximum Gasteiger partial charge on any atom is 0.0826 e. The predicted molar refractivity (Wildman–Crippen MR) is 73.0 cm³/mol. The molecule has 1 aliphatic rings. The van der Waals surface area contributed by atoms with E-state index in [-0.39, 0.29) is 5.60 Å². The van der Waals surface area contributed by atoms with E-state index in [2.05, 4.69) is 12.2 Å². The second-order valence-corrected chi connectivity index (χ2v) is 5.42. The second kappa shape index (κ2) is 4.92. The molecule has 1 fully saturated rings. The molecule has 17 heavy (non-hydrogen) atoms. The zero-order valence-electron chi connectivity index (χ0n) is 9.72. The summed E-state index contributed by atoms with van der Waals surface area (Å²) in [6.07, 6.45) is 2.16. The van der Waals surface area contributed by atoms with Crippen molar-refractivity contribution in [1.29, 1.82) is 0 Å². The molecule has 1 heterocycles. The summed E-state index contributed by atoms with van der Waals surface area (Å²) in [7, 11) is 0. The fourth-order valence-electron chi connectivity index (χ4n) is 1.97. The molecule has 0 aromatic heterocycles. The van der Waals surface area contributed by atoms with Gasteiger partial charge in [0.2, 0.25) is 0 Å². The Morgan fingerprint density at radius 2 is 2.12 bits per heavy atom. The van der Waals surface area contributed by atoms with Gasteiger partial charge in [0, 0.05) is 13.2 Å². The van der Waals surface area contributed by atoms with Gasteiger partial charge < -0.3 is 15.8 Å². The van der Waals surface area contributed by atoms with Crippen molar-refractivity contribution in [1.82, 2.24) is 0 Å². The fraction of sp³-hybridized carbons (Fsp3) is 0.500. The zero-order valence-corrected chi connectivity index (χ0v) is 11.2. The molecule has 1 unspecified atom stereocenters. The third-order valence-corrected chi connectivity index (χ3v) is 3.77. The molecule has 1 atom stereocenters. The smallest absolute Gasteiger partial charge is 0.0826 e. The average molecular weight is 275 g/mol. The minimum absolute atomic E-state index is 0.113. The molecule has 0 amide bonds. The van der Waals surface area contributed by atoms with Crippen LogP contribution in [0.2, 0.25) is 10.0 Å². The molecule has 0 radical (unpaired) electrons. The highest BCUT2D eigenvalue weighted by atomic mass is 35.5. The summed E-state index contributed by atoms with van der Waals surface area (Å²) in [5.74, 6) is 0. The topological polar surface area (TPSA) is 47.3 Å². The van der Waals surface area contributed by atoms with Gasteiger partial charge in [-0.15, -0.1) is 0 Å². The van der Waals surface area contributed by atoms with Crippen LogP contribution >= 0.6 is 23.2 Å². The Labute approximate surface area is 111 Å². The molecule has 3 nitrogen and oxygen atoms in total. The van der Waals surface area contributed by atoms with Gasteiger partial charge in [-0.05, 0) is 31.9 Å². The van der Waals surface area contributed by atoms with Crippen molar-refractivity contribution in [2.45, 2.75) is 25.4 Å². The Kier molecular flexibility index (Phi) is 3.71. The quantitative estimate of drug-likeness (QED) is 0.829. The van der Waals surface area contributed by atoms with Crippen molar-refractivity contribution in [3.05, 3.63) is 22.2 Å². The van der Waals surface area contributed by atoms with E-state index in [9.17, 15) is 0 Å². The highest BCUT2D eigenvalue weighted by Gasteiger charge is 2.29. The molecular weight excluding hydrogens is 259 g/mol. The second-order valence-electron chi connectivity index (χ2n) is 4.61. The molecule has 1 aromatic carbocycles. The number of halogens is 2. The molecule has 1 aromatic rings. The number of hydrogen-bond donors (Lipinski definition) is 2. The van der Waals surface area contributed by atoms with E-state index in [0.717, 1.165) is 31.7 Å². The van der Waals surface area contributed by atoms with Gasteiger partial charge in [0.1, 0.15) is 0 Å². The van der Waals surface area contributed by atoms with E-state index >= 15 is 0 Å². The van der Waals surface area contributed by atoms with Crippen LogP contribution in [-0.2, 0) is 4.74 Å². The molecule has 1 saturated heterocycles. The third-order valence-electron chi connectivity index (χ3n) is 3.05. The van der Waals surface area contributed by atoms with E-state index in [1.54, 1.807) is 12.1 Å². The first-order valence-corrected chi connectivity index (χ1v) is 6.38. The van der Waals surface area contributed by atoms with Crippen LogP contribution < -0.4 is 11.1 Å². The van der Waals surface area contributed by atoms with E-state index in [0.29, 0.717) is 15.7 Å². The molecule has 94 valence electrons. The first-order valence-electron chi connectivity index (χ1n) is 5.62. The minimum atomic E-state index is -0.113. The van der Waals surface area contributed by atoms with E-state index < -0.39 is 0 Å². The van der Waals surface area contributed by atoms with E-state index in [4.69, 9.17) is 33.7 Å². The minimum Gasteiger partial charge on any atom is -0.397 e. The lowest BCUT2D eigenvalue weighted by Crippen LogP contribution is -2.32. The Bertz CT molecular complexity index is 417. The Balaban J connectivity index is 2.06. The fourth-order valence-corrected chi connectivity index (χ4v) is 2.31. The number of nitrogens with two attached hydrogens (primary N) is 1. The third kappa shape index (κ3) is 2.97. The Hall–Kier alpha value is -0.640. The molecule has 1 aliphatic heterocycles. The van der Waals surface area contributed by atoms with Crippen molar-refractivity contribution < 1.29 is 4.74 Å². The van der Waals surface area contributed by atoms with Crippen LogP contribution in [0.4, 0.5) is 11.4 Å². The first kappa shape index (κ1) is 12.8. The van der Waals surface area contributed by atoms with Gasteiger partial charge >= 0.3 is 0 Å². The predicted octanol–water partition coefficient (Wildman–Crippen LogP) is 3.56. The lowest BCUT2D eigenvalue weighted by Gasteiger charge is -2.24. The van der Waals surface area contributed by atoms with Crippen LogP contribution in [0, 0.1) is 0 Å². The van der Waals surface area contributed by atoms with E-state index in [1.807, 2.05) is 0 Å². The highest BCUT2D eigenvalue weighted by Crippen LogP contribution is 2.32. The SMILES string of the molecule is CC1(CNc2cc(Cl)c(Cl)cc2N)CCCO1. The summed E-state index contributed by atoms with van der Waals surface area (Å²) < 4.78 is 5.69. The summed E-state index contributed by atoms with van der Waals surface area (Å²) in [6.45, 7) is 3.64. The normalized spacial score (nSPS) is 23.9. The summed E-state index contributed by atoms with van der Waals surface area (Å²) in [6, 6.07) is 3.40. The lowest BCUT2D eigenvalue weighted by molar-refractivity contribution is 0.0315. The molecule has 0 bridgehead atoms. The van der Waals surface area contributed by atoms with Crippen LogP contribution in [0.3, 0.4) is 0 Å². The molecule has 0 aliphatic carbocycles. The Morgan fingerprint density at radius 3 is 2.76 bits per heavy atom. The molecule has 0 spiro atoms. The maximum atomic E-state index is 5.96. The molecular formula is C12H16Cl2N2O. The zero-order chi connectivity index (χ0) is 12.5. The number of nitrogens with one attached hydrogen (secondary N) is 1. The summed E-state index contributed by atoms with van der Waals surface area (Å²) in [4.78, 5) is 0. The standard InChI is InChI=1S/C12H16Cl2N2O/c1-12(3-2-4-17-12)7-16-11-6-9(14)8(13)5-10(11)15/h5-6,16H,2-4,7,15H2,1H3. The molecule has 5 heteroatoms. The summed E-state index contributed by atoms with van der Waals surface area (Å²) in [5, 5.41) is 4.24. The van der Waals surface area contributed by atoms with Crippen molar-refractivity contribution in [2.24, 2.45) is 0 Å². The van der Waals surface area contributed by atoms with Crippen LogP contribution in [-0.4, -0.2) is 18.8 Å². The number of nitrogen functional groups attached to an aromatic ring is 1. The van der Waals surface area contributed by atoms with Gasteiger partial charge in [0.05, 0.1) is 27.0 Å². The van der Waals surface area contributed by atoms with Crippen LogP contribution in [0.25, 0.3) is 0 Å². The van der Waals surface area contributed by atoms with Gasteiger partial charge in [0.25, 0.3) is 0 Å². The van der Waals surface area contributed by atoms with Crippen LogP contribution in [0.5, 0.6) is 0 Å². The van der Waals surface area contributed by atoms with Gasteiger partial charge in [-0.25, -0.2) is 0 Å². The maximum absolute atomic E-state index is 5.96. The van der Waals surface area contributed by atoms with Gasteiger partial charge in [-0.3, -0.25) is 0 Å².